The lowest BCUT2D eigenvalue weighted by atomic mass is 9.87. The van der Waals surface area contributed by atoms with Gasteiger partial charge in [-0.2, -0.15) is 0 Å². The number of halogens is 1. The van der Waals surface area contributed by atoms with Gasteiger partial charge in [0, 0.05) is 22.4 Å². The summed E-state index contributed by atoms with van der Waals surface area (Å²) < 4.78 is 7.11. The van der Waals surface area contributed by atoms with E-state index in [1.165, 1.54) is 0 Å². The zero-order chi connectivity index (χ0) is 25.5. The van der Waals surface area contributed by atoms with Crippen molar-refractivity contribution in [2.45, 2.75) is 67.4 Å². The van der Waals surface area contributed by atoms with Gasteiger partial charge >= 0.3 is 0 Å². The molecule has 0 fully saturated rings. The van der Waals surface area contributed by atoms with Crippen molar-refractivity contribution < 1.29 is 9.53 Å². The van der Waals surface area contributed by atoms with Gasteiger partial charge in [-0.05, 0) is 48.1 Å². The number of ether oxygens (including phenoxy) is 1. The quantitative estimate of drug-likeness (QED) is 0.307. The van der Waals surface area contributed by atoms with Crippen molar-refractivity contribution in [2.75, 3.05) is 0 Å². The monoisotopic (exact) mass is 524 g/mol. The molecule has 0 N–H and O–H groups in total. The molecule has 0 aliphatic carbocycles. The first-order valence-electron chi connectivity index (χ1n) is 12.1. The standard InChI is InChI=1S/C23H21BrO2.2C4H10/c1-17(25)14-21(19-10-6-3-7-11-19)22-15-20(24)12-13-23(22)26-16-18-8-4-2-5-9-18;2*1-4(2)3/h2-13,15,21H,14,16H2,1H3;2*4H,1-3H3. The Morgan fingerprint density at radius 2 is 1.29 bits per heavy atom. The Morgan fingerprint density at radius 3 is 1.79 bits per heavy atom. The lowest BCUT2D eigenvalue weighted by Gasteiger charge is -2.21. The molecule has 0 saturated carbocycles. The summed E-state index contributed by atoms with van der Waals surface area (Å²) in [6, 6.07) is 26.2. The van der Waals surface area contributed by atoms with E-state index in [0.717, 1.165) is 38.7 Å². The molecule has 0 amide bonds. The Balaban J connectivity index is 0.000000629. The van der Waals surface area contributed by atoms with E-state index in [1.807, 2.05) is 60.7 Å². The van der Waals surface area contributed by atoms with Crippen LogP contribution >= 0.6 is 15.9 Å². The maximum Gasteiger partial charge on any atom is 0.130 e. The molecule has 3 rings (SSSR count). The lowest BCUT2D eigenvalue weighted by Crippen LogP contribution is -2.09. The Morgan fingerprint density at radius 1 is 0.794 bits per heavy atom. The first-order chi connectivity index (χ1) is 16.1. The summed E-state index contributed by atoms with van der Waals surface area (Å²) in [6.45, 7) is 15.1. The zero-order valence-electron chi connectivity index (χ0n) is 21.8. The molecule has 0 aliphatic heterocycles. The second-order valence-corrected chi connectivity index (χ2v) is 10.7. The second kappa shape index (κ2) is 16.3. The van der Waals surface area contributed by atoms with Crippen LogP contribution in [0.5, 0.6) is 5.75 Å². The molecule has 0 bridgehead atoms. The van der Waals surface area contributed by atoms with Gasteiger partial charge in [-0.3, -0.25) is 4.79 Å². The van der Waals surface area contributed by atoms with Gasteiger partial charge in [-0.25, -0.2) is 0 Å². The number of hydrogen-bond acceptors (Lipinski definition) is 2. The molecule has 0 heterocycles. The molecular weight excluding hydrogens is 484 g/mol. The van der Waals surface area contributed by atoms with Crippen LogP contribution in [0.25, 0.3) is 0 Å². The van der Waals surface area contributed by atoms with Crippen molar-refractivity contribution in [3.8, 4) is 5.75 Å². The zero-order valence-corrected chi connectivity index (χ0v) is 23.4. The van der Waals surface area contributed by atoms with E-state index in [2.05, 4.69) is 75.7 Å². The summed E-state index contributed by atoms with van der Waals surface area (Å²) in [6.07, 6.45) is 0.447. The number of carbonyl (C=O) groups is 1. The Hall–Kier alpha value is -2.39. The maximum absolute atomic E-state index is 11.9. The molecule has 0 aromatic heterocycles. The minimum Gasteiger partial charge on any atom is -0.489 e. The normalized spacial score (nSPS) is 11.1. The fraction of sp³-hybridized carbons (Fsp3) is 0.387. The van der Waals surface area contributed by atoms with Gasteiger partial charge in [0.15, 0.2) is 0 Å². The molecule has 3 aromatic rings. The third-order valence-electron chi connectivity index (χ3n) is 4.28. The average molecular weight is 526 g/mol. The fourth-order valence-corrected chi connectivity index (χ4v) is 3.42. The molecule has 0 radical (unpaired) electrons. The summed E-state index contributed by atoms with van der Waals surface area (Å²) in [4.78, 5) is 11.9. The van der Waals surface area contributed by atoms with Crippen LogP contribution in [0.3, 0.4) is 0 Å². The molecular formula is C31H41BrO2. The highest BCUT2D eigenvalue weighted by Crippen LogP contribution is 2.36. The second-order valence-electron chi connectivity index (χ2n) is 9.79. The van der Waals surface area contributed by atoms with Crippen LogP contribution in [-0.4, -0.2) is 5.78 Å². The number of carbonyl (C=O) groups excluding carboxylic acids is 1. The van der Waals surface area contributed by atoms with Gasteiger partial charge in [-0.15, -0.1) is 0 Å². The summed E-state index contributed by atoms with van der Waals surface area (Å²) >= 11 is 3.56. The molecule has 0 saturated heterocycles. The van der Waals surface area contributed by atoms with E-state index in [4.69, 9.17) is 4.74 Å². The molecule has 0 spiro atoms. The van der Waals surface area contributed by atoms with Gasteiger partial charge in [0.05, 0.1) is 0 Å². The van der Waals surface area contributed by atoms with Gasteiger partial charge in [-0.1, -0.05) is 118 Å². The largest absolute Gasteiger partial charge is 0.489 e. The van der Waals surface area contributed by atoms with E-state index in [-0.39, 0.29) is 11.7 Å². The fourth-order valence-electron chi connectivity index (χ4n) is 3.04. The third-order valence-corrected chi connectivity index (χ3v) is 4.77. The molecule has 1 unspecified atom stereocenters. The Labute approximate surface area is 215 Å². The van der Waals surface area contributed by atoms with E-state index in [1.54, 1.807) is 6.92 Å². The lowest BCUT2D eigenvalue weighted by molar-refractivity contribution is -0.117. The first-order valence-corrected chi connectivity index (χ1v) is 12.9. The number of ketones is 1. The van der Waals surface area contributed by atoms with Crippen molar-refractivity contribution in [3.63, 3.8) is 0 Å². The van der Waals surface area contributed by atoms with Gasteiger partial charge in [0.25, 0.3) is 0 Å². The summed E-state index contributed by atoms with van der Waals surface area (Å²) in [5.74, 6) is 2.61. The SMILES string of the molecule is CC(=O)CC(c1ccccc1)c1cc(Br)ccc1OCc1ccccc1.CC(C)C.CC(C)C. The molecule has 1 atom stereocenters. The van der Waals surface area contributed by atoms with E-state index in [9.17, 15) is 4.79 Å². The molecule has 3 aromatic carbocycles. The molecule has 3 heteroatoms. The minimum atomic E-state index is -0.0306. The summed E-state index contributed by atoms with van der Waals surface area (Å²) in [5.41, 5.74) is 3.26. The molecule has 34 heavy (non-hydrogen) atoms. The van der Waals surface area contributed by atoms with Crippen LogP contribution in [0, 0.1) is 11.8 Å². The number of hydrogen-bond donors (Lipinski definition) is 0. The first kappa shape index (κ1) is 29.6. The third kappa shape index (κ3) is 12.7. The smallest absolute Gasteiger partial charge is 0.130 e. The van der Waals surface area contributed by atoms with Gasteiger partial charge < -0.3 is 4.74 Å². The highest BCUT2D eigenvalue weighted by molar-refractivity contribution is 9.10. The van der Waals surface area contributed by atoms with E-state index >= 15 is 0 Å². The van der Waals surface area contributed by atoms with Crippen LogP contribution < -0.4 is 4.74 Å². The predicted molar refractivity (Wildman–Crippen MR) is 150 cm³/mol. The van der Waals surface area contributed by atoms with Crippen LogP contribution in [0.2, 0.25) is 0 Å². The number of benzene rings is 3. The average Bonchev–Trinajstić information content (AvgIpc) is 2.77. The minimum absolute atomic E-state index is 0.0306. The summed E-state index contributed by atoms with van der Waals surface area (Å²) in [5, 5.41) is 0. The number of Topliss-reactive ketones (excluding diaryl/α,β-unsaturated/α-hetero) is 1. The van der Waals surface area contributed by atoms with Crippen LogP contribution in [0.15, 0.2) is 83.3 Å². The van der Waals surface area contributed by atoms with E-state index in [0.29, 0.717) is 13.0 Å². The van der Waals surface area contributed by atoms with Crippen molar-refractivity contribution in [3.05, 3.63) is 100 Å². The van der Waals surface area contributed by atoms with Gasteiger partial charge in [0.1, 0.15) is 18.1 Å². The summed E-state index contributed by atoms with van der Waals surface area (Å²) in [7, 11) is 0. The topological polar surface area (TPSA) is 26.3 Å². The van der Waals surface area contributed by atoms with Crippen LogP contribution in [0.4, 0.5) is 0 Å². The maximum atomic E-state index is 11.9. The molecule has 2 nitrogen and oxygen atoms in total. The van der Waals surface area contributed by atoms with Crippen molar-refractivity contribution >= 4 is 21.7 Å². The van der Waals surface area contributed by atoms with Crippen molar-refractivity contribution in [1.29, 1.82) is 0 Å². The Kier molecular flexibility index (Phi) is 14.2. The highest BCUT2D eigenvalue weighted by atomic mass is 79.9. The predicted octanol–water partition coefficient (Wildman–Crippen LogP) is 9.46. The Bertz CT molecular complexity index is 938. The van der Waals surface area contributed by atoms with Crippen LogP contribution in [0.1, 0.15) is 77.5 Å². The van der Waals surface area contributed by atoms with Crippen molar-refractivity contribution in [2.24, 2.45) is 11.8 Å². The van der Waals surface area contributed by atoms with Crippen LogP contribution in [-0.2, 0) is 11.4 Å². The highest BCUT2D eigenvalue weighted by Gasteiger charge is 2.21. The van der Waals surface area contributed by atoms with Crippen molar-refractivity contribution in [1.82, 2.24) is 0 Å². The van der Waals surface area contributed by atoms with Gasteiger partial charge in [0.2, 0.25) is 0 Å². The number of rotatable bonds is 7. The molecule has 0 aliphatic rings. The molecule has 184 valence electrons. The van der Waals surface area contributed by atoms with E-state index < -0.39 is 0 Å².